The molecule has 1 aliphatic rings. The van der Waals surface area contributed by atoms with Crippen LogP contribution in [0.3, 0.4) is 0 Å². The number of fused-ring (bicyclic) bond motifs is 1. The maximum atomic E-state index is 14.1. The SMILES string of the molecule is CC(C)c1cc(-c2[nH]c3ccc(C(C)(C)C(=O)N4C(C)CCC4C)cc3c2CCNCCCCc2ccc(NS(C)(=O)=O)cc2)cc(C(C)C)c1. The van der Waals surface area contributed by atoms with E-state index < -0.39 is 15.4 Å². The maximum Gasteiger partial charge on any atom is 0.233 e. The number of carbonyl (C=O) groups is 1. The Kier molecular flexibility index (Phi) is 12.1. The van der Waals surface area contributed by atoms with E-state index in [1.807, 2.05) is 24.3 Å². The molecular weight excluding hydrogens is 653 g/mol. The highest BCUT2D eigenvalue weighted by Crippen LogP contribution is 2.38. The summed E-state index contributed by atoms with van der Waals surface area (Å²) in [6, 6.07) is 21.8. The Labute approximate surface area is 307 Å². The molecule has 4 aromatic rings. The van der Waals surface area contributed by atoms with E-state index in [4.69, 9.17) is 0 Å². The third kappa shape index (κ3) is 9.25. The molecule has 3 N–H and O–H groups in total. The van der Waals surface area contributed by atoms with E-state index in [0.717, 1.165) is 69.0 Å². The predicted molar refractivity (Wildman–Crippen MR) is 214 cm³/mol. The number of sulfonamides is 1. The number of amides is 1. The van der Waals surface area contributed by atoms with Crippen molar-refractivity contribution in [2.45, 2.75) is 123 Å². The lowest BCUT2D eigenvalue weighted by atomic mass is 9.82. The summed E-state index contributed by atoms with van der Waals surface area (Å²) in [5, 5.41) is 4.90. The number of unbranched alkanes of at least 4 members (excludes halogenated alkanes) is 1. The zero-order valence-corrected chi connectivity index (χ0v) is 33.1. The van der Waals surface area contributed by atoms with Crippen LogP contribution in [0.1, 0.15) is 121 Å². The summed E-state index contributed by atoms with van der Waals surface area (Å²) in [5.41, 5.74) is 9.71. The first kappa shape index (κ1) is 38.6. The number of nitrogens with one attached hydrogen (secondary N) is 3. The van der Waals surface area contributed by atoms with Gasteiger partial charge in [-0.3, -0.25) is 9.52 Å². The Morgan fingerprint density at radius 2 is 1.49 bits per heavy atom. The minimum absolute atomic E-state index is 0.214. The van der Waals surface area contributed by atoms with Crippen molar-refractivity contribution in [1.29, 1.82) is 0 Å². The fourth-order valence-corrected chi connectivity index (χ4v) is 8.11. The standard InChI is InChI=1S/C43H60N4O3S/c1-28(2)33-24-34(29(3)4)26-35(25-33)41-38(21-23-44-22-11-10-12-32-15-18-37(19-16-32)46-51(9,49)50)39-27-36(17-20-40(39)45-41)43(7,8)42(48)47-30(5)13-14-31(47)6/h15-20,24-31,44-46H,10-14,21-23H2,1-9H3. The van der Waals surface area contributed by atoms with Crippen LogP contribution in [0.4, 0.5) is 5.69 Å². The highest BCUT2D eigenvalue weighted by Gasteiger charge is 2.40. The van der Waals surface area contributed by atoms with Crippen molar-refractivity contribution in [2.75, 3.05) is 24.1 Å². The van der Waals surface area contributed by atoms with Gasteiger partial charge in [0.15, 0.2) is 0 Å². The van der Waals surface area contributed by atoms with Gasteiger partial charge in [-0.05, 0) is 161 Å². The van der Waals surface area contributed by atoms with Gasteiger partial charge in [0.25, 0.3) is 0 Å². The van der Waals surface area contributed by atoms with Crippen molar-refractivity contribution in [1.82, 2.24) is 15.2 Å². The summed E-state index contributed by atoms with van der Waals surface area (Å²) in [6.07, 6.45) is 7.20. The van der Waals surface area contributed by atoms with Crippen LogP contribution in [0.2, 0.25) is 0 Å². The molecule has 2 heterocycles. The van der Waals surface area contributed by atoms with Crippen LogP contribution in [-0.2, 0) is 33.1 Å². The number of aryl methyl sites for hydroxylation is 1. The van der Waals surface area contributed by atoms with Crippen LogP contribution >= 0.6 is 0 Å². The van der Waals surface area contributed by atoms with E-state index in [0.29, 0.717) is 17.5 Å². The molecule has 2 unspecified atom stereocenters. The van der Waals surface area contributed by atoms with E-state index in [-0.39, 0.29) is 18.0 Å². The van der Waals surface area contributed by atoms with Crippen molar-refractivity contribution >= 4 is 32.5 Å². The minimum atomic E-state index is -3.27. The number of H-pyrrole nitrogens is 1. The molecule has 51 heavy (non-hydrogen) atoms. The quantitative estimate of drug-likeness (QED) is 0.107. The maximum absolute atomic E-state index is 14.1. The number of aromatic amines is 1. The lowest BCUT2D eigenvalue weighted by Gasteiger charge is -2.35. The predicted octanol–water partition coefficient (Wildman–Crippen LogP) is 9.29. The number of likely N-dealkylation sites (tertiary alicyclic amines) is 1. The Morgan fingerprint density at radius 1 is 0.863 bits per heavy atom. The Bertz CT molecular complexity index is 1890. The van der Waals surface area contributed by atoms with Crippen LogP contribution in [0.15, 0.2) is 60.7 Å². The van der Waals surface area contributed by atoms with Crippen LogP contribution in [-0.4, -0.2) is 55.6 Å². The Morgan fingerprint density at radius 3 is 2.08 bits per heavy atom. The molecule has 1 aromatic heterocycles. The largest absolute Gasteiger partial charge is 0.354 e. The third-order valence-electron chi connectivity index (χ3n) is 10.8. The second-order valence-corrected chi connectivity index (χ2v) is 17.8. The van der Waals surface area contributed by atoms with Gasteiger partial charge < -0.3 is 15.2 Å². The van der Waals surface area contributed by atoms with Crippen molar-refractivity contribution in [3.63, 3.8) is 0 Å². The summed E-state index contributed by atoms with van der Waals surface area (Å²) < 4.78 is 25.5. The van der Waals surface area contributed by atoms with Crippen molar-refractivity contribution in [3.05, 3.63) is 88.5 Å². The molecule has 0 saturated carbocycles. The topological polar surface area (TPSA) is 94.3 Å². The second-order valence-electron chi connectivity index (χ2n) is 16.1. The average molecular weight is 713 g/mol. The van der Waals surface area contributed by atoms with Gasteiger partial charge in [0.2, 0.25) is 15.9 Å². The number of hydrogen-bond donors (Lipinski definition) is 3. The Hall–Kier alpha value is -3.62. The molecule has 8 heteroatoms. The molecule has 0 bridgehead atoms. The van der Waals surface area contributed by atoms with Crippen LogP contribution in [0, 0.1) is 0 Å². The molecule has 0 aliphatic carbocycles. The molecule has 7 nitrogen and oxygen atoms in total. The third-order valence-corrected chi connectivity index (χ3v) is 11.4. The summed E-state index contributed by atoms with van der Waals surface area (Å²) in [6.45, 7) is 19.4. The fraction of sp³-hybridized carbons (Fsp3) is 0.512. The normalized spacial score (nSPS) is 16.9. The van der Waals surface area contributed by atoms with E-state index in [1.165, 1.54) is 38.9 Å². The first-order valence-electron chi connectivity index (χ1n) is 19.0. The van der Waals surface area contributed by atoms with Gasteiger partial charge >= 0.3 is 0 Å². The summed E-state index contributed by atoms with van der Waals surface area (Å²) in [7, 11) is -3.27. The van der Waals surface area contributed by atoms with Gasteiger partial charge in [-0.15, -0.1) is 0 Å². The molecule has 276 valence electrons. The summed E-state index contributed by atoms with van der Waals surface area (Å²) in [4.78, 5) is 20.0. The van der Waals surface area contributed by atoms with E-state index in [1.54, 1.807) is 0 Å². The van der Waals surface area contributed by atoms with Gasteiger partial charge in [-0.1, -0.05) is 52.0 Å². The number of rotatable bonds is 15. The Balaban J connectivity index is 1.36. The lowest BCUT2D eigenvalue weighted by molar-refractivity contribution is -0.138. The molecule has 5 rings (SSSR count). The first-order valence-corrected chi connectivity index (χ1v) is 20.8. The highest BCUT2D eigenvalue weighted by molar-refractivity contribution is 7.92. The molecular formula is C43H60N4O3S. The number of carbonyl (C=O) groups excluding carboxylic acids is 1. The number of hydrogen-bond acceptors (Lipinski definition) is 4. The van der Waals surface area contributed by atoms with Crippen LogP contribution in [0.25, 0.3) is 22.2 Å². The zero-order chi connectivity index (χ0) is 37.1. The molecule has 3 aromatic carbocycles. The minimum Gasteiger partial charge on any atom is -0.354 e. The molecule has 0 radical (unpaired) electrons. The molecule has 1 aliphatic heterocycles. The zero-order valence-electron chi connectivity index (χ0n) is 32.3. The van der Waals surface area contributed by atoms with E-state index in [2.05, 4.69) is 112 Å². The van der Waals surface area contributed by atoms with Gasteiger partial charge in [0.05, 0.1) is 11.7 Å². The first-order chi connectivity index (χ1) is 24.0. The lowest BCUT2D eigenvalue weighted by Crippen LogP contribution is -2.47. The smallest absolute Gasteiger partial charge is 0.233 e. The number of benzene rings is 3. The monoisotopic (exact) mass is 712 g/mol. The molecule has 1 amide bonds. The number of anilines is 1. The van der Waals surface area contributed by atoms with Gasteiger partial charge in [0, 0.05) is 34.4 Å². The van der Waals surface area contributed by atoms with Crippen molar-refractivity contribution < 1.29 is 13.2 Å². The highest BCUT2D eigenvalue weighted by atomic mass is 32.2. The van der Waals surface area contributed by atoms with Gasteiger partial charge in [-0.2, -0.15) is 0 Å². The van der Waals surface area contributed by atoms with Crippen LogP contribution in [0.5, 0.6) is 0 Å². The molecule has 1 saturated heterocycles. The van der Waals surface area contributed by atoms with Gasteiger partial charge in [0.1, 0.15) is 0 Å². The fourth-order valence-electron chi connectivity index (χ4n) is 7.54. The van der Waals surface area contributed by atoms with E-state index in [9.17, 15) is 13.2 Å². The second kappa shape index (κ2) is 16.0. The van der Waals surface area contributed by atoms with Crippen molar-refractivity contribution in [2.24, 2.45) is 0 Å². The molecule has 2 atom stereocenters. The molecule has 1 fully saturated rings. The van der Waals surface area contributed by atoms with Crippen LogP contribution < -0.4 is 10.0 Å². The van der Waals surface area contributed by atoms with E-state index >= 15 is 0 Å². The number of aromatic nitrogens is 1. The average Bonchev–Trinajstić information content (AvgIpc) is 3.61. The summed E-state index contributed by atoms with van der Waals surface area (Å²) in [5.74, 6) is 1.06. The molecule has 0 spiro atoms. The summed E-state index contributed by atoms with van der Waals surface area (Å²) >= 11 is 0. The number of nitrogens with zero attached hydrogens (tertiary/aromatic N) is 1. The van der Waals surface area contributed by atoms with Gasteiger partial charge in [-0.25, -0.2) is 8.42 Å². The van der Waals surface area contributed by atoms with Crippen molar-refractivity contribution in [3.8, 4) is 11.3 Å².